The minimum atomic E-state index is -0.740. The second kappa shape index (κ2) is 5.15. The predicted molar refractivity (Wildman–Crippen MR) is 87.7 cm³/mol. The molecule has 4 rings (SSSR count). The molecule has 0 spiro atoms. The molecule has 0 unspecified atom stereocenters. The van der Waals surface area contributed by atoms with Gasteiger partial charge in [0.05, 0.1) is 0 Å². The van der Waals surface area contributed by atoms with Crippen LogP contribution in [0.4, 0.5) is 0 Å². The maximum atomic E-state index is 12.6. The lowest BCUT2D eigenvalue weighted by Gasteiger charge is -2.61. The van der Waals surface area contributed by atoms with Crippen LogP contribution in [-0.2, 0) is 9.59 Å². The van der Waals surface area contributed by atoms with Crippen molar-refractivity contribution in [2.75, 3.05) is 0 Å². The van der Waals surface area contributed by atoms with Crippen LogP contribution in [0.25, 0.3) is 0 Å². The summed E-state index contributed by atoms with van der Waals surface area (Å²) in [4.78, 5) is 24.6. The van der Waals surface area contributed by atoms with E-state index in [1.165, 1.54) is 6.42 Å². The van der Waals surface area contributed by atoms with Crippen LogP contribution in [0.3, 0.4) is 0 Å². The third-order valence-corrected chi connectivity index (χ3v) is 8.51. The predicted octanol–water partition coefficient (Wildman–Crippen LogP) is 3.53. The zero-order chi connectivity index (χ0) is 16.4. The largest absolute Gasteiger partial charge is 0.385 e. The lowest BCUT2D eigenvalue weighted by molar-refractivity contribution is -0.170. The van der Waals surface area contributed by atoms with Crippen LogP contribution in [0.1, 0.15) is 71.6 Å². The highest BCUT2D eigenvalue weighted by molar-refractivity contribution is 5.86. The Morgan fingerprint density at radius 2 is 1.70 bits per heavy atom. The molecule has 0 amide bonds. The number of ketones is 2. The van der Waals surface area contributed by atoms with Crippen LogP contribution < -0.4 is 0 Å². The van der Waals surface area contributed by atoms with Gasteiger partial charge in [-0.15, -0.1) is 0 Å². The van der Waals surface area contributed by atoms with E-state index < -0.39 is 6.10 Å². The lowest BCUT2D eigenvalue weighted by Crippen LogP contribution is -2.59. The third kappa shape index (κ3) is 2.04. The molecular weight excluding hydrogens is 288 g/mol. The molecule has 0 aliphatic heterocycles. The first-order valence-electron chi connectivity index (χ1n) is 9.62. The SMILES string of the molecule is C[C@@]12CCC(=O)[C@@H](O)[C@@H]1CC[C@H]1[C@H]2CC[C@]2(C)C(=O)CCC[C@@H]12. The molecule has 128 valence electrons. The Bertz CT molecular complexity index is 541. The average molecular weight is 318 g/mol. The number of Topliss-reactive ketones (excluding diaryl/α,β-unsaturated/α-hetero) is 2. The average Bonchev–Trinajstić information content (AvgIpc) is 2.52. The molecule has 0 aromatic carbocycles. The molecular formula is C20H30O3. The monoisotopic (exact) mass is 318 g/mol. The van der Waals surface area contributed by atoms with Gasteiger partial charge < -0.3 is 5.11 Å². The maximum absolute atomic E-state index is 12.6. The molecule has 4 saturated carbocycles. The van der Waals surface area contributed by atoms with E-state index >= 15 is 0 Å². The number of aliphatic hydroxyl groups excluding tert-OH is 1. The molecule has 0 aromatic heterocycles. The van der Waals surface area contributed by atoms with Gasteiger partial charge >= 0.3 is 0 Å². The van der Waals surface area contributed by atoms with E-state index in [1.807, 2.05) is 0 Å². The van der Waals surface area contributed by atoms with Gasteiger partial charge in [0.25, 0.3) is 0 Å². The smallest absolute Gasteiger partial charge is 0.161 e. The van der Waals surface area contributed by atoms with E-state index in [-0.39, 0.29) is 22.5 Å². The van der Waals surface area contributed by atoms with Gasteiger partial charge in [0.1, 0.15) is 11.9 Å². The topological polar surface area (TPSA) is 54.4 Å². The first-order valence-corrected chi connectivity index (χ1v) is 9.62. The van der Waals surface area contributed by atoms with Crippen molar-refractivity contribution in [2.45, 2.75) is 77.7 Å². The van der Waals surface area contributed by atoms with Gasteiger partial charge in [-0.2, -0.15) is 0 Å². The fourth-order valence-corrected chi connectivity index (χ4v) is 7.11. The van der Waals surface area contributed by atoms with Crippen molar-refractivity contribution in [1.82, 2.24) is 0 Å². The highest BCUT2D eigenvalue weighted by atomic mass is 16.3. The van der Waals surface area contributed by atoms with Crippen molar-refractivity contribution in [3.8, 4) is 0 Å². The second-order valence-electron chi connectivity index (χ2n) is 9.25. The van der Waals surface area contributed by atoms with E-state index in [1.54, 1.807) is 0 Å². The lowest BCUT2D eigenvalue weighted by atomic mass is 9.42. The highest BCUT2D eigenvalue weighted by Gasteiger charge is 2.60. The van der Waals surface area contributed by atoms with Crippen LogP contribution in [-0.4, -0.2) is 22.8 Å². The van der Waals surface area contributed by atoms with Gasteiger partial charge in [-0.1, -0.05) is 13.8 Å². The first kappa shape index (κ1) is 15.8. The van der Waals surface area contributed by atoms with Crippen LogP contribution in [0.2, 0.25) is 0 Å². The van der Waals surface area contributed by atoms with E-state index in [0.717, 1.165) is 44.9 Å². The Morgan fingerprint density at radius 3 is 2.48 bits per heavy atom. The second-order valence-corrected chi connectivity index (χ2v) is 9.25. The molecule has 4 aliphatic carbocycles. The fourth-order valence-electron chi connectivity index (χ4n) is 7.11. The van der Waals surface area contributed by atoms with Crippen LogP contribution in [0, 0.1) is 34.5 Å². The summed E-state index contributed by atoms with van der Waals surface area (Å²) in [5.74, 6) is 2.45. The summed E-state index contributed by atoms with van der Waals surface area (Å²) in [6.45, 7) is 4.56. The number of hydrogen-bond acceptors (Lipinski definition) is 3. The van der Waals surface area contributed by atoms with Gasteiger partial charge in [0.15, 0.2) is 5.78 Å². The normalized spacial score (nSPS) is 53.3. The minimum Gasteiger partial charge on any atom is -0.385 e. The zero-order valence-corrected chi connectivity index (χ0v) is 14.5. The third-order valence-electron chi connectivity index (χ3n) is 8.51. The summed E-state index contributed by atoms with van der Waals surface area (Å²) in [5, 5.41) is 10.4. The molecule has 1 N–H and O–H groups in total. The Labute approximate surface area is 139 Å². The Hall–Kier alpha value is -0.700. The van der Waals surface area contributed by atoms with E-state index in [9.17, 15) is 14.7 Å². The van der Waals surface area contributed by atoms with E-state index in [0.29, 0.717) is 30.0 Å². The molecule has 3 heteroatoms. The number of fused-ring (bicyclic) bond motifs is 5. The van der Waals surface area contributed by atoms with Crippen molar-refractivity contribution in [3.63, 3.8) is 0 Å². The summed E-state index contributed by atoms with van der Waals surface area (Å²) in [6, 6.07) is 0. The van der Waals surface area contributed by atoms with Gasteiger partial charge in [-0.05, 0) is 74.0 Å². The molecule has 23 heavy (non-hydrogen) atoms. The first-order chi connectivity index (χ1) is 10.9. The molecule has 4 fully saturated rings. The van der Waals surface area contributed by atoms with Crippen LogP contribution >= 0.6 is 0 Å². The van der Waals surface area contributed by atoms with Crippen molar-refractivity contribution < 1.29 is 14.7 Å². The molecule has 7 atom stereocenters. The minimum absolute atomic E-state index is 0.0550. The van der Waals surface area contributed by atoms with E-state index in [4.69, 9.17) is 0 Å². The molecule has 0 heterocycles. The van der Waals surface area contributed by atoms with Crippen molar-refractivity contribution in [3.05, 3.63) is 0 Å². The summed E-state index contributed by atoms with van der Waals surface area (Å²) in [5.41, 5.74) is 0.00375. The Balaban J connectivity index is 1.66. The van der Waals surface area contributed by atoms with Crippen molar-refractivity contribution in [1.29, 1.82) is 0 Å². The van der Waals surface area contributed by atoms with Crippen molar-refractivity contribution >= 4 is 11.6 Å². The number of aliphatic hydroxyl groups is 1. The fraction of sp³-hybridized carbons (Fsp3) is 0.900. The number of carbonyl (C=O) groups is 2. The molecule has 3 nitrogen and oxygen atoms in total. The molecule has 0 radical (unpaired) electrons. The summed E-state index contributed by atoms with van der Waals surface area (Å²) < 4.78 is 0. The Morgan fingerprint density at radius 1 is 0.913 bits per heavy atom. The maximum Gasteiger partial charge on any atom is 0.161 e. The quantitative estimate of drug-likeness (QED) is 0.743. The zero-order valence-electron chi connectivity index (χ0n) is 14.5. The Kier molecular flexibility index (Phi) is 3.54. The summed E-state index contributed by atoms with van der Waals surface area (Å²) >= 11 is 0. The molecule has 0 aromatic rings. The molecule has 0 bridgehead atoms. The summed E-state index contributed by atoms with van der Waals surface area (Å²) in [7, 11) is 0. The molecule has 0 saturated heterocycles. The molecule has 4 aliphatic rings. The van der Waals surface area contributed by atoms with Gasteiger partial charge in [0.2, 0.25) is 0 Å². The van der Waals surface area contributed by atoms with Gasteiger partial charge in [-0.3, -0.25) is 9.59 Å². The highest BCUT2D eigenvalue weighted by Crippen LogP contribution is 2.64. The summed E-state index contributed by atoms with van der Waals surface area (Å²) in [6.07, 6.45) is 7.96. The number of hydrogen-bond donors (Lipinski definition) is 1. The standard InChI is InChI=1S/C20H30O3/c1-19-11-9-16(21)18(23)15(19)7-6-12-13-4-3-5-17(22)20(13,2)10-8-14(12)19/h12-15,18,23H,3-11H2,1-2H3/t12-,13+,14-,15+,18+,19+,20+/m1/s1. The number of carbonyl (C=O) groups excluding carboxylic acids is 2. The van der Waals surface area contributed by atoms with Crippen molar-refractivity contribution in [2.24, 2.45) is 34.5 Å². The van der Waals surface area contributed by atoms with Crippen LogP contribution in [0.5, 0.6) is 0 Å². The number of rotatable bonds is 0. The van der Waals surface area contributed by atoms with Gasteiger partial charge in [0, 0.05) is 18.3 Å². The van der Waals surface area contributed by atoms with Gasteiger partial charge in [-0.25, -0.2) is 0 Å². The van der Waals surface area contributed by atoms with E-state index in [2.05, 4.69) is 13.8 Å². The van der Waals surface area contributed by atoms with Crippen LogP contribution in [0.15, 0.2) is 0 Å².